The second kappa shape index (κ2) is 7.45. The van der Waals surface area contributed by atoms with Crippen LogP contribution in [0.3, 0.4) is 0 Å². The van der Waals surface area contributed by atoms with Crippen LogP contribution in [0, 0.1) is 6.92 Å². The normalized spacial score (nSPS) is 20.7. The number of aromatic nitrogens is 3. The lowest BCUT2D eigenvalue weighted by molar-refractivity contribution is -0.140. The van der Waals surface area contributed by atoms with Gasteiger partial charge in [0.2, 0.25) is 11.1 Å². The molecule has 3 rings (SSSR count). The van der Waals surface area contributed by atoms with Crippen LogP contribution in [0.15, 0.2) is 29.4 Å². The molecular formula is C17H23N5O2S. The lowest BCUT2D eigenvalue weighted by atomic mass is 10.1. The summed E-state index contributed by atoms with van der Waals surface area (Å²) in [5.41, 5.74) is 2.07. The van der Waals surface area contributed by atoms with Crippen LogP contribution in [0.5, 0.6) is 0 Å². The summed E-state index contributed by atoms with van der Waals surface area (Å²) in [6.07, 6.45) is 0.119. The van der Waals surface area contributed by atoms with E-state index in [1.54, 1.807) is 0 Å². The average molecular weight is 361 g/mol. The molecule has 1 aromatic heterocycles. The number of aryl methyl sites for hydroxylation is 1. The Kier molecular flexibility index (Phi) is 5.29. The first-order chi connectivity index (χ1) is 11.9. The molecule has 0 radical (unpaired) electrons. The summed E-state index contributed by atoms with van der Waals surface area (Å²) in [5, 5.41) is 8.80. The van der Waals surface area contributed by atoms with E-state index in [0.29, 0.717) is 24.1 Å². The van der Waals surface area contributed by atoms with Crippen molar-refractivity contribution in [2.45, 2.75) is 38.1 Å². The second-order valence-electron chi connectivity index (χ2n) is 6.39. The Labute approximate surface area is 151 Å². The molecule has 2 N–H and O–H groups in total. The second-order valence-corrected chi connectivity index (χ2v) is 7.33. The molecule has 1 aromatic carbocycles. The zero-order valence-corrected chi connectivity index (χ0v) is 15.5. The number of carbonyl (C=O) groups is 1. The predicted octanol–water partition coefficient (Wildman–Crippen LogP) is 1.70. The van der Waals surface area contributed by atoms with E-state index in [9.17, 15) is 4.79 Å². The molecule has 0 aliphatic carbocycles. The van der Waals surface area contributed by atoms with Gasteiger partial charge in [-0.15, -0.1) is 10.2 Å². The SMILES string of the molecule is Cc1ccc(-c2nnc(SCC(=O)N3CC(C)OC(C)C3)n2N)cc1. The maximum absolute atomic E-state index is 12.4. The van der Waals surface area contributed by atoms with E-state index in [4.69, 9.17) is 10.6 Å². The molecule has 1 amide bonds. The molecule has 134 valence electrons. The maximum Gasteiger partial charge on any atom is 0.233 e. The number of thioether (sulfide) groups is 1. The third-order valence-corrected chi connectivity index (χ3v) is 5.00. The summed E-state index contributed by atoms with van der Waals surface area (Å²) >= 11 is 1.30. The van der Waals surface area contributed by atoms with Gasteiger partial charge in [0.05, 0.1) is 18.0 Å². The molecule has 1 aliphatic rings. The zero-order chi connectivity index (χ0) is 18.0. The summed E-state index contributed by atoms with van der Waals surface area (Å²) in [7, 11) is 0. The van der Waals surface area contributed by atoms with Gasteiger partial charge in [-0.3, -0.25) is 4.79 Å². The van der Waals surface area contributed by atoms with Crippen LogP contribution in [-0.4, -0.2) is 56.7 Å². The minimum atomic E-state index is 0.0593. The van der Waals surface area contributed by atoms with Crippen LogP contribution in [0.4, 0.5) is 0 Å². The fraction of sp³-hybridized carbons (Fsp3) is 0.471. The summed E-state index contributed by atoms with van der Waals surface area (Å²) in [6.45, 7) is 7.22. The number of amides is 1. The van der Waals surface area contributed by atoms with Crippen molar-refractivity contribution in [3.8, 4) is 11.4 Å². The van der Waals surface area contributed by atoms with E-state index < -0.39 is 0 Å². The van der Waals surface area contributed by atoms with Crippen molar-refractivity contribution in [2.24, 2.45) is 0 Å². The number of benzene rings is 1. The number of nitrogen functional groups attached to an aromatic ring is 1. The number of carbonyl (C=O) groups excluding carboxylic acids is 1. The van der Waals surface area contributed by atoms with Crippen LogP contribution in [0.2, 0.25) is 0 Å². The van der Waals surface area contributed by atoms with E-state index in [0.717, 1.165) is 5.56 Å². The van der Waals surface area contributed by atoms with Crippen molar-refractivity contribution < 1.29 is 9.53 Å². The highest BCUT2D eigenvalue weighted by molar-refractivity contribution is 7.99. The predicted molar refractivity (Wildman–Crippen MR) is 97.7 cm³/mol. The summed E-state index contributed by atoms with van der Waals surface area (Å²) in [6, 6.07) is 7.92. The first-order valence-corrected chi connectivity index (χ1v) is 9.26. The molecule has 1 aliphatic heterocycles. The van der Waals surface area contributed by atoms with Gasteiger partial charge in [0.15, 0.2) is 5.82 Å². The van der Waals surface area contributed by atoms with E-state index in [-0.39, 0.29) is 23.9 Å². The Hall–Kier alpha value is -2.06. The van der Waals surface area contributed by atoms with Gasteiger partial charge in [-0.25, -0.2) is 4.68 Å². The number of hydrogen-bond acceptors (Lipinski definition) is 6. The van der Waals surface area contributed by atoms with E-state index in [2.05, 4.69) is 10.2 Å². The third-order valence-electron chi connectivity index (χ3n) is 4.07. The van der Waals surface area contributed by atoms with Gasteiger partial charge in [0, 0.05) is 18.7 Å². The van der Waals surface area contributed by atoms with Gasteiger partial charge in [-0.2, -0.15) is 0 Å². The molecule has 2 atom stereocenters. The minimum absolute atomic E-state index is 0.0593. The fourth-order valence-corrected chi connectivity index (χ4v) is 3.63. The topological polar surface area (TPSA) is 86.3 Å². The molecule has 7 nitrogen and oxygen atoms in total. The Balaban J connectivity index is 1.64. The molecule has 1 fully saturated rings. The molecule has 2 unspecified atom stereocenters. The molecule has 25 heavy (non-hydrogen) atoms. The van der Waals surface area contributed by atoms with Crippen LogP contribution < -0.4 is 5.84 Å². The molecule has 0 spiro atoms. The quantitative estimate of drug-likeness (QED) is 0.659. The van der Waals surface area contributed by atoms with Crippen LogP contribution in [0.1, 0.15) is 19.4 Å². The first-order valence-electron chi connectivity index (χ1n) is 8.27. The highest BCUT2D eigenvalue weighted by Crippen LogP contribution is 2.22. The van der Waals surface area contributed by atoms with E-state index in [1.165, 1.54) is 22.0 Å². The number of nitrogens with zero attached hydrogens (tertiary/aromatic N) is 4. The minimum Gasteiger partial charge on any atom is -0.372 e. The summed E-state index contributed by atoms with van der Waals surface area (Å²) in [4.78, 5) is 14.3. The van der Waals surface area contributed by atoms with E-state index >= 15 is 0 Å². The van der Waals surface area contributed by atoms with Gasteiger partial charge < -0.3 is 15.5 Å². The molecule has 0 saturated carbocycles. The van der Waals surface area contributed by atoms with Crippen LogP contribution in [-0.2, 0) is 9.53 Å². The lowest BCUT2D eigenvalue weighted by Gasteiger charge is -2.35. The van der Waals surface area contributed by atoms with Gasteiger partial charge in [0.1, 0.15) is 0 Å². The number of rotatable bonds is 4. The van der Waals surface area contributed by atoms with E-state index in [1.807, 2.05) is 49.9 Å². The van der Waals surface area contributed by atoms with Gasteiger partial charge >= 0.3 is 0 Å². The van der Waals surface area contributed by atoms with Crippen LogP contribution in [0.25, 0.3) is 11.4 Å². The summed E-state index contributed by atoms with van der Waals surface area (Å²) < 4.78 is 7.10. The van der Waals surface area contributed by atoms with Crippen molar-refractivity contribution in [3.05, 3.63) is 29.8 Å². The Morgan fingerprint density at radius 1 is 1.24 bits per heavy atom. The van der Waals surface area contributed by atoms with Crippen LogP contribution >= 0.6 is 11.8 Å². The van der Waals surface area contributed by atoms with Gasteiger partial charge in [-0.05, 0) is 20.8 Å². The van der Waals surface area contributed by atoms with Crippen molar-refractivity contribution in [1.82, 2.24) is 19.8 Å². The lowest BCUT2D eigenvalue weighted by Crippen LogP contribution is -2.48. The largest absolute Gasteiger partial charge is 0.372 e. The molecule has 0 bridgehead atoms. The number of morpholine rings is 1. The number of hydrogen-bond donors (Lipinski definition) is 1. The van der Waals surface area contributed by atoms with Crippen molar-refractivity contribution in [3.63, 3.8) is 0 Å². The smallest absolute Gasteiger partial charge is 0.233 e. The van der Waals surface area contributed by atoms with Crippen molar-refractivity contribution >= 4 is 17.7 Å². The highest BCUT2D eigenvalue weighted by Gasteiger charge is 2.26. The molecule has 2 heterocycles. The molecular weight excluding hydrogens is 338 g/mol. The van der Waals surface area contributed by atoms with Crippen molar-refractivity contribution in [1.29, 1.82) is 0 Å². The fourth-order valence-electron chi connectivity index (χ4n) is 2.87. The third kappa shape index (κ3) is 4.13. The highest BCUT2D eigenvalue weighted by atomic mass is 32.2. The standard InChI is InChI=1S/C17H23N5O2S/c1-11-4-6-14(7-5-11)16-19-20-17(22(16)18)25-10-15(23)21-8-12(2)24-13(3)9-21/h4-7,12-13H,8-10,18H2,1-3H3. The Morgan fingerprint density at radius 3 is 2.52 bits per heavy atom. The monoisotopic (exact) mass is 361 g/mol. The van der Waals surface area contributed by atoms with Gasteiger partial charge in [0.25, 0.3) is 0 Å². The maximum atomic E-state index is 12.4. The molecule has 1 saturated heterocycles. The first kappa shape index (κ1) is 17.8. The number of nitrogens with two attached hydrogens (primary N) is 1. The average Bonchev–Trinajstić information content (AvgIpc) is 2.93. The number of ether oxygens (including phenoxy) is 1. The van der Waals surface area contributed by atoms with Crippen molar-refractivity contribution in [2.75, 3.05) is 24.7 Å². The Morgan fingerprint density at radius 2 is 1.88 bits per heavy atom. The molecule has 8 heteroatoms. The molecule has 2 aromatic rings. The summed E-state index contributed by atoms with van der Waals surface area (Å²) in [5.74, 6) is 7.04. The zero-order valence-electron chi connectivity index (χ0n) is 14.7. The Bertz CT molecular complexity index is 736. The van der Waals surface area contributed by atoms with Gasteiger partial charge in [-0.1, -0.05) is 41.6 Å².